The summed E-state index contributed by atoms with van der Waals surface area (Å²) < 4.78 is 8.44. The third kappa shape index (κ3) is 4.20. The van der Waals surface area contributed by atoms with Gasteiger partial charge in [-0.05, 0) is 101 Å². The number of nitrogens with zero attached hydrogens (tertiary/aromatic N) is 3. The highest BCUT2D eigenvalue weighted by atomic mass is 32.1. The van der Waals surface area contributed by atoms with Crippen LogP contribution in [0.15, 0.2) is 54.7 Å². The van der Waals surface area contributed by atoms with Gasteiger partial charge in [0, 0.05) is 29.3 Å². The fraction of sp³-hybridized carbons (Fsp3) is 0.429. The zero-order valence-corrected chi connectivity index (χ0v) is 21.3. The molecule has 0 amide bonds. The molecule has 2 atom stereocenters. The molecule has 2 fully saturated rings. The van der Waals surface area contributed by atoms with E-state index in [0.29, 0.717) is 6.04 Å². The molecular formula is C28H34N4OS. The Balaban J connectivity index is 1.59. The fourth-order valence-corrected chi connectivity index (χ4v) is 6.08. The normalized spacial score (nSPS) is 20.9. The number of pyridine rings is 1. The molecule has 1 aliphatic heterocycles. The summed E-state index contributed by atoms with van der Waals surface area (Å²) in [5, 5.41) is 4.32. The van der Waals surface area contributed by atoms with E-state index in [-0.39, 0.29) is 18.2 Å². The number of anilines is 1. The van der Waals surface area contributed by atoms with E-state index in [4.69, 9.17) is 21.9 Å². The molecule has 1 saturated heterocycles. The number of aromatic nitrogens is 2. The van der Waals surface area contributed by atoms with Crippen molar-refractivity contribution in [3.63, 3.8) is 0 Å². The van der Waals surface area contributed by atoms with E-state index in [0.717, 1.165) is 22.2 Å². The van der Waals surface area contributed by atoms with E-state index < -0.39 is 0 Å². The molecule has 3 aromatic rings. The molecule has 0 bridgehead atoms. The number of benzene rings is 1. The Bertz CT molecular complexity index is 1150. The Hall–Kier alpha value is -2.86. The van der Waals surface area contributed by atoms with Gasteiger partial charge in [-0.1, -0.05) is 18.9 Å². The zero-order chi connectivity index (χ0) is 23.8. The van der Waals surface area contributed by atoms with Crippen molar-refractivity contribution in [2.45, 2.75) is 77.6 Å². The van der Waals surface area contributed by atoms with Crippen molar-refractivity contribution in [1.29, 1.82) is 0 Å². The summed E-state index contributed by atoms with van der Waals surface area (Å²) in [4.78, 5) is 6.97. The summed E-state index contributed by atoms with van der Waals surface area (Å²) in [6, 6.07) is 17.3. The number of nitrogens with one attached hydrogen (secondary N) is 1. The average Bonchev–Trinajstić information content (AvgIpc) is 3.52. The van der Waals surface area contributed by atoms with Crippen LogP contribution in [0.1, 0.15) is 80.3 Å². The van der Waals surface area contributed by atoms with Gasteiger partial charge >= 0.3 is 0 Å². The van der Waals surface area contributed by atoms with Gasteiger partial charge in [-0.15, -0.1) is 0 Å². The van der Waals surface area contributed by atoms with Crippen molar-refractivity contribution < 1.29 is 4.74 Å². The molecule has 0 spiro atoms. The maximum Gasteiger partial charge on any atom is 0.174 e. The first-order valence-electron chi connectivity index (χ1n) is 12.4. The first-order valence-corrected chi connectivity index (χ1v) is 12.8. The Labute approximate surface area is 208 Å². The second kappa shape index (κ2) is 9.41. The molecule has 34 heavy (non-hydrogen) atoms. The Kier molecular flexibility index (Phi) is 6.34. The number of aryl methyl sites for hydroxylation is 1. The standard InChI is InChI=1S/C28H34N4OS/c1-18(2)33-23-14-12-22(13-15-23)32-27(26(30-28(32)34)25-11-7-8-16-29-25)24-17-19(3)31(20(24)4)21-9-5-6-10-21/h7-8,11-18,21,26-27H,5-6,9-10H2,1-4H3,(H,30,34). The maximum atomic E-state index is 5.92. The molecule has 1 saturated carbocycles. The minimum atomic E-state index is -0.0298. The fourth-order valence-electron chi connectivity index (χ4n) is 5.73. The first-order chi connectivity index (χ1) is 16.4. The van der Waals surface area contributed by atoms with E-state index in [9.17, 15) is 0 Å². The van der Waals surface area contributed by atoms with Crippen molar-refractivity contribution >= 4 is 23.0 Å². The van der Waals surface area contributed by atoms with E-state index >= 15 is 0 Å². The van der Waals surface area contributed by atoms with Gasteiger partial charge in [0.05, 0.1) is 23.9 Å². The minimum Gasteiger partial charge on any atom is -0.491 e. The van der Waals surface area contributed by atoms with Crippen molar-refractivity contribution in [3.8, 4) is 5.75 Å². The summed E-state index contributed by atoms with van der Waals surface area (Å²) >= 11 is 5.92. The van der Waals surface area contributed by atoms with Crippen molar-refractivity contribution in [3.05, 3.63) is 77.4 Å². The maximum absolute atomic E-state index is 5.92. The molecule has 5 nitrogen and oxygen atoms in total. The smallest absolute Gasteiger partial charge is 0.174 e. The largest absolute Gasteiger partial charge is 0.491 e. The number of thiocarbonyl (C=S) groups is 1. The topological polar surface area (TPSA) is 42.3 Å². The molecule has 2 aromatic heterocycles. The van der Waals surface area contributed by atoms with Crippen LogP contribution in [-0.2, 0) is 0 Å². The summed E-state index contributed by atoms with van der Waals surface area (Å²) in [6.07, 6.45) is 7.17. The lowest BCUT2D eigenvalue weighted by Gasteiger charge is -2.29. The van der Waals surface area contributed by atoms with Crippen LogP contribution in [-0.4, -0.2) is 20.8 Å². The van der Waals surface area contributed by atoms with Gasteiger partial charge in [-0.25, -0.2) is 0 Å². The SMILES string of the molecule is Cc1cc(C2C(c3ccccn3)NC(=S)N2c2ccc(OC(C)C)cc2)c(C)n1C1CCCC1. The van der Waals surface area contributed by atoms with E-state index in [1.807, 2.05) is 44.3 Å². The molecule has 3 heterocycles. The van der Waals surface area contributed by atoms with Crippen LogP contribution in [0.2, 0.25) is 0 Å². The second-order valence-corrected chi connectivity index (χ2v) is 10.2. The lowest BCUT2D eigenvalue weighted by atomic mass is 9.96. The van der Waals surface area contributed by atoms with Crippen LogP contribution < -0.4 is 15.0 Å². The molecular weight excluding hydrogens is 440 g/mol. The monoisotopic (exact) mass is 474 g/mol. The highest BCUT2D eigenvalue weighted by Crippen LogP contribution is 2.45. The van der Waals surface area contributed by atoms with Gasteiger partial charge in [0.1, 0.15) is 5.75 Å². The molecule has 1 aliphatic carbocycles. The van der Waals surface area contributed by atoms with E-state index in [2.05, 4.69) is 52.9 Å². The zero-order valence-electron chi connectivity index (χ0n) is 20.5. The van der Waals surface area contributed by atoms with Crippen molar-refractivity contribution in [2.24, 2.45) is 0 Å². The molecule has 0 radical (unpaired) electrons. The minimum absolute atomic E-state index is 0.0145. The molecule has 2 unspecified atom stereocenters. The summed E-state index contributed by atoms with van der Waals surface area (Å²) in [5.41, 5.74) is 6.05. The summed E-state index contributed by atoms with van der Waals surface area (Å²) in [5.74, 6) is 0.870. The average molecular weight is 475 g/mol. The Morgan fingerprint density at radius 1 is 1.06 bits per heavy atom. The Morgan fingerprint density at radius 2 is 1.79 bits per heavy atom. The van der Waals surface area contributed by atoms with Gasteiger partial charge in [0.2, 0.25) is 0 Å². The number of hydrogen-bond acceptors (Lipinski definition) is 3. The quantitative estimate of drug-likeness (QED) is 0.409. The highest BCUT2D eigenvalue weighted by molar-refractivity contribution is 7.80. The molecule has 1 N–H and O–H groups in total. The lowest BCUT2D eigenvalue weighted by molar-refractivity contribution is 0.242. The van der Waals surface area contributed by atoms with Gasteiger partial charge in [0.15, 0.2) is 5.11 Å². The third-order valence-electron chi connectivity index (χ3n) is 7.12. The van der Waals surface area contributed by atoms with E-state index in [1.165, 1.54) is 42.6 Å². The van der Waals surface area contributed by atoms with Crippen molar-refractivity contribution in [1.82, 2.24) is 14.9 Å². The number of hydrogen-bond donors (Lipinski definition) is 1. The summed E-state index contributed by atoms with van der Waals surface area (Å²) in [7, 11) is 0. The van der Waals surface area contributed by atoms with Gasteiger partial charge in [0.25, 0.3) is 0 Å². The van der Waals surface area contributed by atoms with Crippen LogP contribution in [0.4, 0.5) is 5.69 Å². The molecule has 5 rings (SSSR count). The number of ether oxygens (including phenoxy) is 1. The summed E-state index contributed by atoms with van der Waals surface area (Å²) in [6.45, 7) is 8.60. The molecule has 6 heteroatoms. The van der Waals surface area contributed by atoms with Crippen LogP contribution in [0, 0.1) is 13.8 Å². The van der Waals surface area contributed by atoms with Crippen molar-refractivity contribution in [2.75, 3.05) is 4.90 Å². The Morgan fingerprint density at radius 3 is 2.44 bits per heavy atom. The van der Waals surface area contributed by atoms with Crippen LogP contribution in [0.25, 0.3) is 0 Å². The van der Waals surface area contributed by atoms with Gasteiger partial charge < -0.3 is 19.5 Å². The predicted molar refractivity (Wildman–Crippen MR) is 142 cm³/mol. The molecule has 2 aliphatic rings. The van der Waals surface area contributed by atoms with Gasteiger partial charge in [-0.2, -0.15) is 0 Å². The highest BCUT2D eigenvalue weighted by Gasteiger charge is 2.42. The van der Waals surface area contributed by atoms with Gasteiger partial charge in [-0.3, -0.25) is 4.98 Å². The predicted octanol–water partition coefficient (Wildman–Crippen LogP) is 6.58. The number of rotatable bonds is 6. The lowest BCUT2D eigenvalue weighted by Crippen LogP contribution is -2.29. The second-order valence-electron chi connectivity index (χ2n) is 9.79. The molecule has 178 valence electrons. The molecule has 1 aromatic carbocycles. The van der Waals surface area contributed by atoms with Crippen LogP contribution in [0.3, 0.4) is 0 Å². The third-order valence-corrected chi connectivity index (χ3v) is 7.43. The van der Waals surface area contributed by atoms with Crippen LogP contribution in [0.5, 0.6) is 5.75 Å². The van der Waals surface area contributed by atoms with Crippen LogP contribution >= 0.6 is 12.2 Å². The van der Waals surface area contributed by atoms with E-state index in [1.54, 1.807) is 0 Å². The first kappa shape index (κ1) is 22.9.